The molecule has 7 nitrogen and oxygen atoms in total. The van der Waals surface area contributed by atoms with Crippen LogP contribution in [-0.2, 0) is 6.54 Å². The van der Waals surface area contributed by atoms with Crippen LogP contribution in [0, 0.1) is 23.3 Å². The van der Waals surface area contributed by atoms with E-state index in [2.05, 4.69) is 20.4 Å². The monoisotopic (exact) mass is 396 g/mol. The minimum absolute atomic E-state index is 0.00212. The molecule has 3 rings (SSSR count). The van der Waals surface area contributed by atoms with Gasteiger partial charge in [-0.05, 0) is 24.3 Å². The van der Waals surface area contributed by atoms with Crippen molar-refractivity contribution < 1.29 is 27.1 Å². The van der Waals surface area contributed by atoms with Gasteiger partial charge in [0.1, 0.15) is 11.3 Å². The highest BCUT2D eigenvalue weighted by Gasteiger charge is 2.23. The Balaban J connectivity index is 1.76. The number of fused-ring (bicyclic) bond motifs is 1. The van der Waals surface area contributed by atoms with Crippen LogP contribution in [0.15, 0.2) is 29.1 Å². The molecule has 0 radical (unpaired) electrons. The van der Waals surface area contributed by atoms with Crippen LogP contribution in [0.3, 0.4) is 0 Å². The molecule has 0 aliphatic heterocycles. The zero-order valence-electron chi connectivity index (χ0n) is 14.3. The maximum absolute atomic E-state index is 14.1. The zero-order valence-corrected chi connectivity index (χ0v) is 14.3. The molecular formula is C17H12F4N4O3. The first-order valence-corrected chi connectivity index (χ1v) is 7.86. The standard InChI is InChI=1S/C17H12F4N4O3/c1-28-15-13(20)10(7-11(19)14(15)21)16(26)22-4-5-25-17(27)9-6-8(18)2-3-12(9)23-24-25/h2-3,6-7H,4-5H2,1H3,(H,22,26). The smallest absolute Gasteiger partial charge is 0.277 e. The van der Waals surface area contributed by atoms with Gasteiger partial charge < -0.3 is 10.1 Å². The lowest BCUT2D eigenvalue weighted by molar-refractivity contribution is 0.0946. The molecule has 0 saturated carbocycles. The van der Waals surface area contributed by atoms with E-state index >= 15 is 0 Å². The van der Waals surface area contributed by atoms with E-state index in [1.807, 2.05) is 0 Å². The van der Waals surface area contributed by atoms with E-state index in [4.69, 9.17) is 0 Å². The number of ether oxygens (including phenoxy) is 1. The van der Waals surface area contributed by atoms with Crippen molar-refractivity contribution in [2.75, 3.05) is 13.7 Å². The molecule has 0 atom stereocenters. The van der Waals surface area contributed by atoms with Crippen molar-refractivity contribution in [2.45, 2.75) is 6.54 Å². The first kappa shape index (κ1) is 19.3. The Labute approximate surface area is 154 Å². The molecule has 2 aromatic carbocycles. The summed E-state index contributed by atoms with van der Waals surface area (Å²) in [6.45, 7) is -0.387. The number of halogens is 4. The van der Waals surface area contributed by atoms with E-state index < -0.39 is 46.0 Å². The lowest BCUT2D eigenvalue weighted by atomic mass is 10.1. The van der Waals surface area contributed by atoms with Crippen molar-refractivity contribution in [2.24, 2.45) is 0 Å². The van der Waals surface area contributed by atoms with Gasteiger partial charge in [-0.2, -0.15) is 4.39 Å². The maximum Gasteiger partial charge on any atom is 0.277 e. The quantitative estimate of drug-likeness (QED) is 0.525. The summed E-state index contributed by atoms with van der Waals surface area (Å²) in [4.78, 5) is 24.3. The van der Waals surface area contributed by atoms with Gasteiger partial charge >= 0.3 is 0 Å². The minimum atomic E-state index is -1.55. The molecule has 1 aromatic heterocycles. The van der Waals surface area contributed by atoms with Gasteiger partial charge in [0.25, 0.3) is 11.5 Å². The molecule has 1 amide bonds. The summed E-state index contributed by atoms with van der Waals surface area (Å²) in [7, 11) is 0.927. The third-order valence-electron chi connectivity index (χ3n) is 3.86. The van der Waals surface area contributed by atoms with Crippen molar-refractivity contribution in [3.05, 3.63) is 63.5 Å². The summed E-state index contributed by atoms with van der Waals surface area (Å²) in [6.07, 6.45) is 0. The molecule has 1 N–H and O–H groups in total. The fourth-order valence-corrected chi connectivity index (χ4v) is 2.49. The number of carbonyl (C=O) groups is 1. The van der Waals surface area contributed by atoms with E-state index in [1.165, 1.54) is 6.07 Å². The number of aromatic nitrogens is 3. The predicted molar refractivity (Wildman–Crippen MR) is 89.0 cm³/mol. The maximum atomic E-state index is 14.1. The average Bonchev–Trinajstić information content (AvgIpc) is 2.67. The van der Waals surface area contributed by atoms with E-state index in [0.29, 0.717) is 6.07 Å². The van der Waals surface area contributed by atoms with Crippen LogP contribution in [0.25, 0.3) is 10.9 Å². The van der Waals surface area contributed by atoms with Crippen LogP contribution < -0.4 is 15.6 Å². The van der Waals surface area contributed by atoms with E-state index in [0.717, 1.165) is 23.9 Å². The van der Waals surface area contributed by atoms with Crippen molar-refractivity contribution in [3.8, 4) is 5.75 Å². The normalized spacial score (nSPS) is 10.9. The highest BCUT2D eigenvalue weighted by Crippen LogP contribution is 2.26. The van der Waals surface area contributed by atoms with Crippen molar-refractivity contribution >= 4 is 16.8 Å². The molecule has 0 unspecified atom stereocenters. The Morgan fingerprint density at radius 1 is 1.18 bits per heavy atom. The largest absolute Gasteiger partial charge is 0.491 e. The fraction of sp³-hybridized carbons (Fsp3) is 0.176. The number of hydrogen-bond acceptors (Lipinski definition) is 5. The van der Waals surface area contributed by atoms with Gasteiger partial charge in [-0.15, -0.1) is 5.10 Å². The van der Waals surface area contributed by atoms with Crippen LogP contribution in [0.2, 0.25) is 0 Å². The molecular weight excluding hydrogens is 384 g/mol. The van der Waals surface area contributed by atoms with Crippen molar-refractivity contribution in [3.63, 3.8) is 0 Å². The number of nitrogens with zero attached hydrogens (tertiary/aromatic N) is 3. The average molecular weight is 396 g/mol. The second-order valence-corrected chi connectivity index (χ2v) is 5.60. The molecule has 0 aliphatic carbocycles. The number of hydrogen-bond donors (Lipinski definition) is 1. The van der Waals surface area contributed by atoms with Crippen LogP contribution in [0.1, 0.15) is 10.4 Å². The minimum Gasteiger partial charge on any atom is -0.491 e. The Hall–Kier alpha value is -3.50. The van der Waals surface area contributed by atoms with Crippen molar-refractivity contribution in [1.29, 1.82) is 0 Å². The summed E-state index contributed by atoms with van der Waals surface area (Å²) in [5.74, 6) is -7.08. The summed E-state index contributed by atoms with van der Waals surface area (Å²) in [5, 5.41) is 9.66. The topological polar surface area (TPSA) is 86.1 Å². The second-order valence-electron chi connectivity index (χ2n) is 5.60. The number of benzene rings is 2. The third-order valence-corrected chi connectivity index (χ3v) is 3.86. The number of rotatable bonds is 5. The molecule has 0 aliphatic rings. The highest BCUT2D eigenvalue weighted by molar-refractivity contribution is 5.95. The number of nitrogens with one attached hydrogen (secondary N) is 1. The predicted octanol–water partition coefficient (Wildman–Crippen LogP) is 1.79. The Morgan fingerprint density at radius 3 is 2.64 bits per heavy atom. The van der Waals surface area contributed by atoms with Gasteiger partial charge in [-0.25, -0.2) is 17.9 Å². The Bertz CT molecular complexity index is 1130. The molecule has 0 fully saturated rings. The molecule has 11 heteroatoms. The van der Waals surface area contributed by atoms with Crippen LogP contribution >= 0.6 is 0 Å². The fourth-order valence-electron chi connectivity index (χ4n) is 2.49. The van der Waals surface area contributed by atoms with Crippen molar-refractivity contribution in [1.82, 2.24) is 20.3 Å². The molecule has 28 heavy (non-hydrogen) atoms. The van der Waals surface area contributed by atoms with E-state index in [-0.39, 0.29) is 24.0 Å². The first-order chi connectivity index (χ1) is 13.3. The molecule has 0 saturated heterocycles. The molecule has 1 heterocycles. The van der Waals surface area contributed by atoms with Crippen LogP contribution in [0.4, 0.5) is 17.6 Å². The number of amides is 1. The highest BCUT2D eigenvalue weighted by atomic mass is 19.2. The van der Waals surface area contributed by atoms with Gasteiger partial charge in [0.2, 0.25) is 5.82 Å². The van der Waals surface area contributed by atoms with Gasteiger partial charge in [0.05, 0.1) is 24.6 Å². The molecule has 146 valence electrons. The summed E-state index contributed by atoms with van der Waals surface area (Å²) in [5.41, 5.74) is -1.21. The lowest BCUT2D eigenvalue weighted by Gasteiger charge is -2.10. The van der Waals surface area contributed by atoms with Gasteiger partial charge in [-0.1, -0.05) is 5.21 Å². The van der Waals surface area contributed by atoms with E-state index in [9.17, 15) is 27.2 Å². The number of methoxy groups -OCH3 is 1. The van der Waals surface area contributed by atoms with Gasteiger partial charge in [0.15, 0.2) is 17.4 Å². The summed E-state index contributed by atoms with van der Waals surface area (Å²) >= 11 is 0. The zero-order chi connectivity index (χ0) is 20.4. The van der Waals surface area contributed by atoms with Gasteiger partial charge in [0, 0.05) is 6.54 Å². The first-order valence-electron chi connectivity index (χ1n) is 7.86. The molecule has 0 bridgehead atoms. The summed E-state index contributed by atoms with van der Waals surface area (Å²) in [6, 6.07) is 3.83. The SMILES string of the molecule is COc1c(F)c(F)cc(C(=O)NCCn2nnc3ccc(F)cc3c2=O)c1F. The molecule has 0 spiro atoms. The van der Waals surface area contributed by atoms with Gasteiger partial charge in [-0.3, -0.25) is 9.59 Å². The Kier molecular flexibility index (Phi) is 5.25. The van der Waals surface area contributed by atoms with Crippen LogP contribution in [-0.4, -0.2) is 34.6 Å². The summed E-state index contributed by atoms with van der Waals surface area (Å²) < 4.78 is 59.6. The lowest BCUT2D eigenvalue weighted by Crippen LogP contribution is -2.33. The third kappa shape index (κ3) is 3.50. The molecule has 3 aromatic rings. The van der Waals surface area contributed by atoms with Crippen LogP contribution in [0.5, 0.6) is 5.75 Å². The van der Waals surface area contributed by atoms with E-state index in [1.54, 1.807) is 0 Å². The number of carbonyl (C=O) groups excluding carboxylic acids is 1. The second kappa shape index (κ2) is 7.62. The Morgan fingerprint density at radius 2 is 1.93 bits per heavy atom.